The topological polar surface area (TPSA) is 95.6 Å². The molecular weight excluding hydrogens is 200 g/mol. The van der Waals surface area contributed by atoms with Crippen LogP contribution in [0.4, 0.5) is 5.69 Å². The van der Waals surface area contributed by atoms with E-state index in [9.17, 15) is 20.3 Å². The Bertz CT molecular complexity index is 395. The highest BCUT2D eigenvalue weighted by molar-refractivity contribution is 5.55. The van der Waals surface area contributed by atoms with Crippen molar-refractivity contribution in [3.63, 3.8) is 0 Å². The van der Waals surface area contributed by atoms with Crippen molar-refractivity contribution in [3.05, 3.63) is 39.9 Å². The van der Waals surface area contributed by atoms with Crippen LogP contribution in [-0.4, -0.2) is 27.4 Å². The number of anilines is 1. The van der Waals surface area contributed by atoms with Crippen LogP contribution >= 0.6 is 0 Å². The van der Waals surface area contributed by atoms with Gasteiger partial charge in [0, 0.05) is 16.2 Å². The van der Waals surface area contributed by atoms with Gasteiger partial charge in [-0.05, 0) is 6.07 Å². The highest BCUT2D eigenvalue weighted by Gasteiger charge is 2.43. The number of rotatable bonds is 1. The molecule has 0 radical (unpaired) electrons. The molecule has 0 aromatic heterocycles. The molecule has 1 aliphatic rings. The Balaban J connectivity index is 2.42. The number of nitrogens with zero attached hydrogens (tertiary/aromatic N) is 1. The van der Waals surface area contributed by atoms with E-state index in [2.05, 4.69) is 5.32 Å². The fourth-order valence-corrected chi connectivity index (χ4v) is 1.72. The Labute approximate surface area is 85.3 Å². The van der Waals surface area contributed by atoms with Gasteiger partial charge in [-0.25, -0.2) is 0 Å². The van der Waals surface area contributed by atoms with Crippen LogP contribution in [-0.2, 0) is 0 Å². The molecule has 0 amide bonds. The molecule has 0 saturated heterocycles. The third kappa shape index (κ3) is 1.53. The van der Waals surface area contributed by atoms with E-state index in [-0.39, 0.29) is 0 Å². The van der Waals surface area contributed by atoms with E-state index in [0.717, 1.165) is 0 Å². The standard InChI is InChI=1S/C9H10N2O4/c12-8-5-3-1-2-4-6(5)10-9(13)7(8)11(14)15/h1-4,7-10,12-13H. The summed E-state index contributed by atoms with van der Waals surface area (Å²) in [5, 5.41) is 32.4. The predicted octanol–water partition coefficient (Wildman–Crippen LogP) is 0.109. The first kappa shape index (κ1) is 9.88. The second-order valence-corrected chi connectivity index (χ2v) is 3.40. The fourth-order valence-electron chi connectivity index (χ4n) is 1.72. The zero-order valence-corrected chi connectivity index (χ0v) is 7.70. The van der Waals surface area contributed by atoms with Gasteiger partial charge in [0.15, 0.2) is 12.3 Å². The number of hydrogen-bond acceptors (Lipinski definition) is 5. The van der Waals surface area contributed by atoms with E-state index >= 15 is 0 Å². The summed E-state index contributed by atoms with van der Waals surface area (Å²) in [5.41, 5.74) is 0.958. The van der Waals surface area contributed by atoms with Gasteiger partial charge >= 0.3 is 0 Å². The molecule has 0 fully saturated rings. The van der Waals surface area contributed by atoms with Crippen molar-refractivity contribution in [2.75, 3.05) is 5.32 Å². The highest BCUT2D eigenvalue weighted by atomic mass is 16.6. The summed E-state index contributed by atoms with van der Waals surface area (Å²) in [6, 6.07) is 5.21. The summed E-state index contributed by atoms with van der Waals surface area (Å²) in [6.45, 7) is 0. The van der Waals surface area contributed by atoms with E-state index in [1.165, 1.54) is 0 Å². The second kappa shape index (κ2) is 3.48. The van der Waals surface area contributed by atoms with Crippen LogP contribution in [0, 0.1) is 10.1 Å². The molecule has 2 rings (SSSR count). The number of nitro groups is 1. The average Bonchev–Trinajstić information content (AvgIpc) is 2.17. The third-order valence-electron chi connectivity index (χ3n) is 2.47. The van der Waals surface area contributed by atoms with Crippen molar-refractivity contribution in [3.8, 4) is 0 Å². The summed E-state index contributed by atoms with van der Waals surface area (Å²) >= 11 is 0. The molecule has 15 heavy (non-hydrogen) atoms. The van der Waals surface area contributed by atoms with Crippen LogP contribution in [0.15, 0.2) is 24.3 Å². The summed E-state index contributed by atoms with van der Waals surface area (Å²) in [7, 11) is 0. The molecule has 1 aliphatic heterocycles. The smallest absolute Gasteiger partial charge is 0.286 e. The van der Waals surface area contributed by atoms with Gasteiger partial charge in [-0.3, -0.25) is 10.1 Å². The molecule has 6 nitrogen and oxygen atoms in total. The van der Waals surface area contributed by atoms with Crippen molar-refractivity contribution in [2.24, 2.45) is 0 Å². The second-order valence-electron chi connectivity index (χ2n) is 3.40. The maximum atomic E-state index is 10.6. The van der Waals surface area contributed by atoms with Crippen molar-refractivity contribution >= 4 is 5.69 Å². The lowest BCUT2D eigenvalue weighted by Gasteiger charge is -2.29. The molecule has 0 bridgehead atoms. The van der Waals surface area contributed by atoms with E-state index in [1.807, 2.05) is 0 Å². The van der Waals surface area contributed by atoms with Gasteiger partial charge in [0.1, 0.15) is 0 Å². The number of nitrogens with one attached hydrogen (secondary N) is 1. The lowest BCUT2D eigenvalue weighted by atomic mass is 9.95. The van der Waals surface area contributed by atoms with Crippen LogP contribution in [0.5, 0.6) is 0 Å². The number of benzene rings is 1. The van der Waals surface area contributed by atoms with Gasteiger partial charge < -0.3 is 15.5 Å². The van der Waals surface area contributed by atoms with Gasteiger partial charge in [-0.2, -0.15) is 0 Å². The third-order valence-corrected chi connectivity index (χ3v) is 2.47. The first-order valence-electron chi connectivity index (χ1n) is 4.46. The molecule has 6 heteroatoms. The van der Waals surface area contributed by atoms with Crippen molar-refractivity contribution in [1.82, 2.24) is 0 Å². The molecule has 1 aromatic carbocycles. The van der Waals surface area contributed by atoms with Crippen LogP contribution in [0.25, 0.3) is 0 Å². The summed E-state index contributed by atoms with van der Waals surface area (Å²) < 4.78 is 0. The minimum Gasteiger partial charge on any atom is -0.381 e. The summed E-state index contributed by atoms with van der Waals surface area (Å²) in [5.74, 6) is 0. The molecule has 3 unspecified atom stereocenters. The number of hydrogen-bond donors (Lipinski definition) is 3. The van der Waals surface area contributed by atoms with Gasteiger partial charge in [0.25, 0.3) is 6.04 Å². The maximum absolute atomic E-state index is 10.6. The Morgan fingerprint density at radius 1 is 1.33 bits per heavy atom. The molecule has 3 N–H and O–H groups in total. The van der Waals surface area contributed by atoms with Crippen molar-refractivity contribution < 1.29 is 15.1 Å². The van der Waals surface area contributed by atoms with Gasteiger partial charge in [0.05, 0.1) is 0 Å². The molecule has 1 heterocycles. The Kier molecular flexibility index (Phi) is 2.29. The molecule has 0 saturated carbocycles. The lowest BCUT2D eigenvalue weighted by Crippen LogP contribution is -2.46. The maximum Gasteiger partial charge on any atom is 0.286 e. The molecule has 3 atom stereocenters. The molecule has 1 aromatic rings. The van der Waals surface area contributed by atoms with Crippen LogP contribution in [0.3, 0.4) is 0 Å². The zero-order chi connectivity index (χ0) is 11.0. The normalized spacial score (nSPS) is 29.1. The number of aliphatic hydroxyl groups excluding tert-OH is 2. The molecule has 0 aliphatic carbocycles. The molecule has 80 valence electrons. The first-order chi connectivity index (χ1) is 7.11. The zero-order valence-electron chi connectivity index (χ0n) is 7.70. The summed E-state index contributed by atoms with van der Waals surface area (Å²) in [6.07, 6.45) is -2.66. The minimum absolute atomic E-state index is 0.435. The largest absolute Gasteiger partial charge is 0.381 e. The van der Waals surface area contributed by atoms with Gasteiger partial charge in [0.2, 0.25) is 0 Å². The van der Waals surface area contributed by atoms with E-state index in [0.29, 0.717) is 11.3 Å². The molecular formula is C9H10N2O4. The lowest BCUT2D eigenvalue weighted by molar-refractivity contribution is -0.546. The number of fused-ring (bicyclic) bond motifs is 1. The predicted molar refractivity (Wildman–Crippen MR) is 51.8 cm³/mol. The Hall–Kier alpha value is -1.66. The Morgan fingerprint density at radius 3 is 2.67 bits per heavy atom. The SMILES string of the molecule is O=[N+]([O-])C1C(O)Nc2ccccc2C1O. The highest BCUT2D eigenvalue weighted by Crippen LogP contribution is 2.32. The van der Waals surface area contributed by atoms with Crippen molar-refractivity contribution in [2.45, 2.75) is 18.4 Å². The number of para-hydroxylation sites is 1. The minimum atomic E-state index is -1.43. The van der Waals surface area contributed by atoms with E-state index in [4.69, 9.17) is 0 Å². The number of aliphatic hydroxyl groups is 2. The van der Waals surface area contributed by atoms with Gasteiger partial charge in [-0.1, -0.05) is 18.2 Å². The van der Waals surface area contributed by atoms with E-state index < -0.39 is 23.3 Å². The van der Waals surface area contributed by atoms with Crippen molar-refractivity contribution in [1.29, 1.82) is 0 Å². The van der Waals surface area contributed by atoms with Gasteiger partial charge in [-0.15, -0.1) is 0 Å². The monoisotopic (exact) mass is 210 g/mol. The van der Waals surface area contributed by atoms with Crippen LogP contribution in [0.1, 0.15) is 11.7 Å². The summed E-state index contributed by atoms with van der Waals surface area (Å²) in [4.78, 5) is 9.95. The van der Waals surface area contributed by atoms with Crippen LogP contribution < -0.4 is 5.32 Å². The Morgan fingerprint density at radius 2 is 2.00 bits per heavy atom. The first-order valence-corrected chi connectivity index (χ1v) is 4.46. The van der Waals surface area contributed by atoms with Crippen LogP contribution in [0.2, 0.25) is 0 Å². The quantitative estimate of drug-likeness (QED) is 0.451. The average molecular weight is 210 g/mol. The fraction of sp³-hybridized carbons (Fsp3) is 0.333. The molecule has 0 spiro atoms. The van der Waals surface area contributed by atoms with E-state index in [1.54, 1.807) is 24.3 Å².